The van der Waals surface area contributed by atoms with Gasteiger partial charge in [0.1, 0.15) is 0 Å². The zero-order valence-electron chi connectivity index (χ0n) is 15.3. The van der Waals surface area contributed by atoms with Crippen LogP contribution in [0.5, 0.6) is 0 Å². The van der Waals surface area contributed by atoms with Crippen LogP contribution in [0.1, 0.15) is 19.8 Å². The Labute approximate surface area is 181 Å². The molecule has 0 aromatic heterocycles. The van der Waals surface area contributed by atoms with Gasteiger partial charge in [0.05, 0.1) is 16.4 Å². The molecule has 2 atom stereocenters. The van der Waals surface area contributed by atoms with E-state index < -0.39 is 22.9 Å². The van der Waals surface area contributed by atoms with Gasteiger partial charge in [-0.2, -0.15) is 0 Å². The first-order valence-electron chi connectivity index (χ1n) is 8.90. The Balaban J connectivity index is 1.51. The molecule has 2 aromatic carbocycles. The van der Waals surface area contributed by atoms with Crippen molar-refractivity contribution in [3.63, 3.8) is 0 Å². The molecule has 29 heavy (non-hydrogen) atoms. The number of anilines is 2. The molecule has 2 unspecified atom stereocenters. The van der Waals surface area contributed by atoms with Crippen molar-refractivity contribution in [3.8, 4) is 0 Å². The molecule has 0 bridgehead atoms. The quantitative estimate of drug-likeness (QED) is 0.694. The average molecular weight is 451 g/mol. The van der Waals surface area contributed by atoms with Crippen LogP contribution in [-0.4, -0.2) is 28.8 Å². The van der Waals surface area contributed by atoms with E-state index in [-0.39, 0.29) is 12.3 Å². The Morgan fingerprint density at radius 2 is 2.00 bits per heavy atom. The lowest BCUT2D eigenvalue weighted by Crippen LogP contribution is -2.49. The summed E-state index contributed by atoms with van der Waals surface area (Å²) in [7, 11) is 0. The van der Waals surface area contributed by atoms with Crippen LogP contribution >= 0.6 is 35.0 Å². The van der Waals surface area contributed by atoms with E-state index in [0.29, 0.717) is 27.8 Å². The van der Waals surface area contributed by atoms with Crippen molar-refractivity contribution in [3.05, 3.63) is 52.5 Å². The number of hydrogen-bond donors (Lipinski definition) is 1. The molecule has 6 nitrogen and oxygen atoms in total. The first kappa shape index (κ1) is 20.1. The number of amides is 2. The van der Waals surface area contributed by atoms with Crippen molar-refractivity contribution >= 4 is 64.1 Å². The number of hydrogen-bond acceptors (Lipinski definition) is 5. The number of benzene rings is 2. The minimum absolute atomic E-state index is 0.137. The van der Waals surface area contributed by atoms with Crippen molar-refractivity contribution in [2.75, 3.05) is 10.2 Å². The lowest BCUT2D eigenvalue weighted by atomic mass is 10.2. The van der Waals surface area contributed by atoms with E-state index in [4.69, 9.17) is 27.9 Å². The molecule has 1 saturated heterocycles. The highest BCUT2D eigenvalue weighted by Gasteiger charge is 2.58. The van der Waals surface area contributed by atoms with Gasteiger partial charge in [0.25, 0.3) is 5.91 Å². The van der Waals surface area contributed by atoms with Crippen molar-refractivity contribution in [1.29, 1.82) is 0 Å². The number of rotatable bonds is 4. The van der Waals surface area contributed by atoms with Gasteiger partial charge in [0, 0.05) is 22.8 Å². The first-order chi connectivity index (χ1) is 13.8. The smallest absolute Gasteiger partial charge is 0.344 e. The van der Waals surface area contributed by atoms with E-state index in [1.54, 1.807) is 18.2 Å². The SMILES string of the molecule is CC(OC(=O)C12CCC(=O)N1c1ccccc1S2)C(=O)Nc1cc(Cl)ccc1Cl. The second-order valence-electron chi connectivity index (χ2n) is 6.74. The highest BCUT2D eigenvalue weighted by molar-refractivity contribution is 8.02. The number of thioether (sulfide) groups is 1. The molecule has 9 heteroatoms. The van der Waals surface area contributed by atoms with Crippen LogP contribution in [0.25, 0.3) is 0 Å². The molecule has 2 aliphatic heterocycles. The van der Waals surface area contributed by atoms with Gasteiger partial charge < -0.3 is 10.1 Å². The summed E-state index contributed by atoms with van der Waals surface area (Å²) in [6, 6.07) is 12.0. The van der Waals surface area contributed by atoms with Crippen LogP contribution in [0.15, 0.2) is 47.4 Å². The number of ether oxygens (including phenoxy) is 1. The Morgan fingerprint density at radius 1 is 1.24 bits per heavy atom. The Bertz CT molecular complexity index is 1030. The van der Waals surface area contributed by atoms with E-state index in [0.717, 1.165) is 4.90 Å². The zero-order valence-corrected chi connectivity index (χ0v) is 17.6. The Morgan fingerprint density at radius 3 is 2.79 bits per heavy atom. The van der Waals surface area contributed by atoms with Crippen LogP contribution in [-0.2, 0) is 19.1 Å². The third-order valence-corrected chi connectivity index (χ3v) is 6.85. The molecule has 2 heterocycles. The summed E-state index contributed by atoms with van der Waals surface area (Å²) in [4.78, 5) is 39.2. The number of para-hydroxylation sites is 1. The van der Waals surface area contributed by atoms with Gasteiger partial charge in [0.2, 0.25) is 5.91 Å². The fraction of sp³-hybridized carbons (Fsp3) is 0.250. The second-order valence-corrected chi connectivity index (χ2v) is 8.91. The van der Waals surface area contributed by atoms with Crippen LogP contribution < -0.4 is 10.2 Å². The molecular weight excluding hydrogens is 435 g/mol. The molecule has 0 aliphatic carbocycles. The fourth-order valence-electron chi connectivity index (χ4n) is 3.41. The molecule has 1 N–H and O–H groups in total. The third-order valence-electron chi connectivity index (χ3n) is 4.83. The van der Waals surface area contributed by atoms with Crippen LogP contribution in [0.3, 0.4) is 0 Å². The summed E-state index contributed by atoms with van der Waals surface area (Å²) in [6.45, 7) is 1.47. The van der Waals surface area contributed by atoms with Gasteiger partial charge >= 0.3 is 5.97 Å². The van der Waals surface area contributed by atoms with Gasteiger partial charge in [-0.05, 0) is 37.3 Å². The summed E-state index contributed by atoms with van der Waals surface area (Å²) >= 11 is 13.3. The molecule has 2 aromatic rings. The maximum Gasteiger partial charge on any atom is 0.344 e. The van der Waals surface area contributed by atoms with E-state index in [9.17, 15) is 14.4 Å². The average Bonchev–Trinajstić information content (AvgIpc) is 3.20. The Kier molecular flexibility index (Phi) is 5.23. The van der Waals surface area contributed by atoms with Gasteiger partial charge in [-0.25, -0.2) is 4.79 Å². The van der Waals surface area contributed by atoms with Gasteiger partial charge in [-0.1, -0.05) is 47.1 Å². The lowest BCUT2D eigenvalue weighted by molar-refractivity contribution is -0.155. The topological polar surface area (TPSA) is 75.7 Å². The van der Waals surface area contributed by atoms with E-state index >= 15 is 0 Å². The number of nitrogens with zero attached hydrogens (tertiary/aromatic N) is 1. The number of carbonyl (C=O) groups is 3. The fourth-order valence-corrected chi connectivity index (χ4v) is 5.14. The minimum Gasteiger partial charge on any atom is -0.450 e. The largest absolute Gasteiger partial charge is 0.450 e. The molecule has 0 spiro atoms. The predicted octanol–water partition coefficient (Wildman–Crippen LogP) is 4.49. The van der Waals surface area contributed by atoms with Gasteiger partial charge in [0.15, 0.2) is 11.0 Å². The second kappa shape index (κ2) is 7.55. The predicted molar refractivity (Wildman–Crippen MR) is 112 cm³/mol. The summed E-state index contributed by atoms with van der Waals surface area (Å²) in [5.74, 6) is -1.30. The van der Waals surface area contributed by atoms with E-state index in [1.165, 1.54) is 29.7 Å². The van der Waals surface area contributed by atoms with Gasteiger partial charge in [-0.3, -0.25) is 14.5 Å². The molecule has 2 aliphatic rings. The summed E-state index contributed by atoms with van der Waals surface area (Å²) in [5, 5.41) is 3.33. The van der Waals surface area contributed by atoms with Crippen molar-refractivity contribution in [2.24, 2.45) is 0 Å². The van der Waals surface area contributed by atoms with Crippen molar-refractivity contribution < 1.29 is 19.1 Å². The lowest BCUT2D eigenvalue weighted by Gasteiger charge is -2.29. The maximum atomic E-state index is 13.1. The molecule has 0 saturated carbocycles. The minimum atomic E-state index is -1.18. The molecule has 4 rings (SSSR count). The molecule has 150 valence electrons. The van der Waals surface area contributed by atoms with Crippen LogP contribution in [0, 0.1) is 0 Å². The monoisotopic (exact) mass is 450 g/mol. The first-order valence-corrected chi connectivity index (χ1v) is 10.5. The normalized spacial score (nSPS) is 20.8. The summed E-state index contributed by atoms with van der Waals surface area (Å²) < 4.78 is 5.48. The molecule has 1 fully saturated rings. The van der Waals surface area contributed by atoms with Crippen molar-refractivity contribution in [1.82, 2.24) is 0 Å². The van der Waals surface area contributed by atoms with Crippen LogP contribution in [0.4, 0.5) is 11.4 Å². The Hall–Kier alpha value is -2.22. The number of nitrogens with one attached hydrogen (secondary N) is 1. The zero-order chi connectivity index (χ0) is 20.8. The number of esters is 1. The highest BCUT2D eigenvalue weighted by atomic mass is 35.5. The maximum absolute atomic E-state index is 13.1. The summed E-state index contributed by atoms with van der Waals surface area (Å²) in [6.07, 6.45) is -0.526. The number of carbonyl (C=O) groups excluding carboxylic acids is 3. The molecule has 0 radical (unpaired) electrons. The van der Waals surface area contributed by atoms with E-state index in [2.05, 4.69) is 5.32 Å². The van der Waals surface area contributed by atoms with E-state index in [1.807, 2.05) is 18.2 Å². The molecule has 2 amide bonds. The number of halogens is 2. The van der Waals surface area contributed by atoms with Crippen LogP contribution in [0.2, 0.25) is 10.0 Å². The molecular formula is C20H16Cl2N2O4S. The summed E-state index contributed by atoms with van der Waals surface area (Å²) in [5.41, 5.74) is 1.02. The van der Waals surface area contributed by atoms with Gasteiger partial charge in [-0.15, -0.1) is 0 Å². The highest BCUT2D eigenvalue weighted by Crippen LogP contribution is 2.56. The van der Waals surface area contributed by atoms with Crippen molar-refractivity contribution in [2.45, 2.75) is 35.6 Å². The third kappa shape index (κ3) is 3.47. The number of fused-ring (bicyclic) bond motifs is 3. The standard InChI is InChI=1S/C20H16Cl2N2O4S/c1-11(18(26)23-14-10-12(21)6-7-13(14)22)28-19(27)20-9-8-17(25)24(20)15-4-2-3-5-16(15)29-20/h2-7,10-11H,8-9H2,1H3,(H,23,26).